The van der Waals surface area contributed by atoms with E-state index in [4.69, 9.17) is 18.3 Å². The average molecular weight is 615 g/mol. The fourth-order valence-electron chi connectivity index (χ4n) is 4.42. The summed E-state index contributed by atoms with van der Waals surface area (Å²) in [4.78, 5) is 74.6. The number of carbonyl (C=O) groups excluding carboxylic acids is 6. The number of aliphatic hydroxyl groups is 1. The Labute approximate surface area is 258 Å². The van der Waals surface area contributed by atoms with Crippen LogP contribution >= 0.6 is 0 Å². The van der Waals surface area contributed by atoms with E-state index in [9.17, 15) is 33.9 Å². The molecule has 3 atom stereocenters. The van der Waals surface area contributed by atoms with Gasteiger partial charge in [-0.1, -0.05) is 56.5 Å². The van der Waals surface area contributed by atoms with Crippen LogP contribution in [0.2, 0.25) is 0 Å². The number of ether oxygens (including phenoxy) is 1. The van der Waals surface area contributed by atoms with E-state index >= 15 is 0 Å². The average Bonchev–Trinajstić information content (AvgIpc) is 3.47. The van der Waals surface area contributed by atoms with Gasteiger partial charge in [-0.2, -0.15) is 0 Å². The van der Waals surface area contributed by atoms with E-state index < -0.39 is 53.3 Å². The third kappa shape index (κ3) is 12.3. The van der Waals surface area contributed by atoms with Crippen molar-refractivity contribution in [1.29, 1.82) is 0 Å². The number of hydrogen-bond acceptors (Lipinski definition) is 8. The summed E-state index contributed by atoms with van der Waals surface area (Å²) in [6.07, 6.45) is 4.32. The van der Waals surface area contributed by atoms with Crippen LogP contribution in [0.3, 0.4) is 0 Å². The Morgan fingerprint density at radius 1 is 1.00 bits per heavy atom. The smallest absolute Gasteiger partial charge is 0.273 e. The van der Waals surface area contributed by atoms with Crippen molar-refractivity contribution in [2.24, 2.45) is 5.73 Å². The quantitative estimate of drug-likeness (QED) is 0.0709. The first-order valence-corrected chi connectivity index (χ1v) is 14.8. The zero-order valence-corrected chi connectivity index (χ0v) is 25.1. The van der Waals surface area contributed by atoms with Gasteiger partial charge in [0, 0.05) is 25.8 Å². The standard InChI is InChI=1S/C29H43BN6O8/c1-2-3-4-8-12-22(37)33-18-23(38)34-19-24(39)35-21(17-20-10-6-5-7-11-20)25(40)36-29(13-9-16-44-29)27(42)32-15-14-28(30,43)26(31)41/h5-7,10-11,21,43H,2-4,8-9,12-19H2,1H3,(H2,31,41)(H,32,42)(H,33,37)(H,34,38)(H,35,39)(H,36,40). The summed E-state index contributed by atoms with van der Waals surface area (Å²) in [6.45, 7) is 1.27. The zero-order chi connectivity index (χ0) is 32.6. The number of unbranched alkanes of at least 4 members (excludes halogenated alkanes) is 3. The largest absolute Gasteiger partial charge is 0.390 e. The molecule has 8 N–H and O–H groups in total. The Morgan fingerprint density at radius 2 is 1.68 bits per heavy atom. The van der Waals surface area contributed by atoms with Crippen molar-refractivity contribution in [2.75, 3.05) is 26.2 Å². The van der Waals surface area contributed by atoms with Crippen LogP contribution < -0.4 is 32.3 Å². The minimum absolute atomic E-state index is 0.0664. The van der Waals surface area contributed by atoms with Crippen LogP contribution in [0.5, 0.6) is 0 Å². The second-order valence-electron chi connectivity index (χ2n) is 10.7. The predicted molar refractivity (Wildman–Crippen MR) is 160 cm³/mol. The zero-order valence-electron chi connectivity index (χ0n) is 25.1. The Balaban J connectivity index is 1.99. The molecule has 1 heterocycles. The number of amides is 6. The van der Waals surface area contributed by atoms with Crippen molar-refractivity contribution in [3.63, 3.8) is 0 Å². The fraction of sp³-hybridized carbons (Fsp3) is 0.586. The van der Waals surface area contributed by atoms with Crippen LogP contribution in [0.1, 0.15) is 63.9 Å². The lowest BCUT2D eigenvalue weighted by Gasteiger charge is -2.31. The van der Waals surface area contributed by atoms with Crippen molar-refractivity contribution >= 4 is 43.3 Å². The molecule has 1 aliphatic rings. The van der Waals surface area contributed by atoms with Crippen molar-refractivity contribution in [2.45, 2.75) is 82.0 Å². The third-order valence-corrected chi connectivity index (χ3v) is 7.02. The molecule has 1 aliphatic heterocycles. The van der Waals surface area contributed by atoms with Crippen LogP contribution in [0.15, 0.2) is 30.3 Å². The topological polar surface area (TPSA) is 218 Å². The third-order valence-electron chi connectivity index (χ3n) is 7.02. The molecular formula is C29H43BN6O8. The molecule has 44 heavy (non-hydrogen) atoms. The van der Waals surface area contributed by atoms with Crippen molar-refractivity contribution in [3.8, 4) is 0 Å². The minimum Gasteiger partial charge on any atom is -0.390 e. The maximum absolute atomic E-state index is 13.5. The summed E-state index contributed by atoms with van der Waals surface area (Å²) in [7, 11) is 5.42. The van der Waals surface area contributed by atoms with Crippen LogP contribution in [-0.2, 0) is 39.9 Å². The summed E-state index contributed by atoms with van der Waals surface area (Å²) in [5, 5.41) is 22.4. The molecule has 2 rings (SSSR count). The Bertz CT molecular complexity index is 1140. The highest BCUT2D eigenvalue weighted by Gasteiger charge is 2.45. The summed E-state index contributed by atoms with van der Waals surface area (Å²) < 4.78 is 5.64. The minimum atomic E-state index is -2.33. The van der Waals surface area contributed by atoms with Crippen LogP contribution in [0.4, 0.5) is 0 Å². The highest BCUT2D eigenvalue weighted by molar-refractivity contribution is 6.26. The number of nitrogens with one attached hydrogen (secondary N) is 5. The van der Waals surface area contributed by atoms with Gasteiger partial charge in [-0.05, 0) is 24.8 Å². The SMILES string of the molecule is [B]C(O)(CCNC(=O)C1(NC(=O)C(Cc2ccccc2)NC(=O)CNC(=O)CNC(=O)CCCCCC)CCCO1)C(N)=O. The Morgan fingerprint density at radius 3 is 2.32 bits per heavy atom. The second-order valence-corrected chi connectivity index (χ2v) is 10.7. The van der Waals surface area contributed by atoms with E-state index in [1.54, 1.807) is 30.3 Å². The number of hydrogen-bond donors (Lipinski definition) is 7. The molecule has 0 aliphatic carbocycles. The van der Waals surface area contributed by atoms with Gasteiger partial charge < -0.3 is 42.2 Å². The van der Waals surface area contributed by atoms with Gasteiger partial charge in [-0.15, -0.1) is 0 Å². The van der Waals surface area contributed by atoms with Gasteiger partial charge >= 0.3 is 0 Å². The summed E-state index contributed by atoms with van der Waals surface area (Å²) in [5.41, 5.74) is 1.67. The first kappa shape index (κ1) is 36.2. The highest BCUT2D eigenvalue weighted by atomic mass is 16.5. The lowest BCUT2D eigenvalue weighted by atomic mass is 9.78. The summed E-state index contributed by atoms with van der Waals surface area (Å²) in [6, 6.07) is 7.71. The van der Waals surface area contributed by atoms with Gasteiger partial charge in [0.1, 0.15) is 19.4 Å². The normalized spacial score (nSPS) is 17.9. The molecular weight excluding hydrogens is 571 g/mol. The number of primary amides is 1. The first-order valence-electron chi connectivity index (χ1n) is 14.8. The molecule has 1 aromatic rings. The molecule has 1 fully saturated rings. The monoisotopic (exact) mass is 614 g/mol. The molecule has 3 unspecified atom stereocenters. The number of rotatable bonds is 19. The first-order chi connectivity index (χ1) is 20.9. The van der Waals surface area contributed by atoms with Crippen molar-refractivity contribution in [3.05, 3.63) is 35.9 Å². The second kappa shape index (κ2) is 18.0. The molecule has 1 aromatic carbocycles. The van der Waals surface area contributed by atoms with Gasteiger partial charge in [-0.3, -0.25) is 28.8 Å². The van der Waals surface area contributed by atoms with E-state index in [-0.39, 0.29) is 44.9 Å². The van der Waals surface area contributed by atoms with Gasteiger partial charge in [-0.25, -0.2) is 0 Å². The van der Waals surface area contributed by atoms with E-state index in [1.165, 1.54) is 0 Å². The van der Waals surface area contributed by atoms with Crippen molar-refractivity contribution < 1.29 is 38.6 Å². The molecule has 0 aromatic heterocycles. The molecule has 0 spiro atoms. The molecule has 0 saturated carbocycles. The fourth-order valence-corrected chi connectivity index (χ4v) is 4.42. The van der Waals surface area contributed by atoms with E-state index in [0.29, 0.717) is 12.8 Å². The lowest BCUT2D eigenvalue weighted by molar-refractivity contribution is -0.152. The van der Waals surface area contributed by atoms with E-state index in [0.717, 1.165) is 31.2 Å². The number of carbonyl (C=O) groups is 6. The Kier molecular flexibility index (Phi) is 14.8. The molecule has 240 valence electrons. The maximum atomic E-state index is 13.5. The van der Waals surface area contributed by atoms with Gasteiger partial charge in [0.15, 0.2) is 0 Å². The number of nitrogens with two attached hydrogens (primary N) is 1. The van der Waals surface area contributed by atoms with Crippen LogP contribution in [-0.4, -0.2) is 91.9 Å². The van der Waals surface area contributed by atoms with Crippen LogP contribution in [0, 0.1) is 0 Å². The number of benzene rings is 1. The lowest BCUT2D eigenvalue weighted by Crippen LogP contribution is -2.63. The van der Waals surface area contributed by atoms with E-state index in [1.807, 2.05) is 0 Å². The summed E-state index contributed by atoms with van der Waals surface area (Å²) in [5.74, 6) is -4.09. The maximum Gasteiger partial charge on any atom is 0.273 e. The van der Waals surface area contributed by atoms with Gasteiger partial charge in [0.25, 0.3) is 5.91 Å². The van der Waals surface area contributed by atoms with E-state index in [2.05, 4.69) is 33.5 Å². The molecule has 0 bridgehead atoms. The molecule has 15 heteroatoms. The molecule has 14 nitrogen and oxygen atoms in total. The van der Waals surface area contributed by atoms with Crippen molar-refractivity contribution in [1.82, 2.24) is 26.6 Å². The molecule has 6 amide bonds. The van der Waals surface area contributed by atoms with Gasteiger partial charge in [0.2, 0.25) is 35.3 Å². The molecule has 1 saturated heterocycles. The molecule has 2 radical (unpaired) electrons. The highest BCUT2D eigenvalue weighted by Crippen LogP contribution is 2.24. The Hall–Kier alpha value is -3.98. The summed E-state index contributed by atoms with van der Waals surface area (Å²) >= 11 is 0. The predicted octanol–water partition coefficient (Wildman–Crippen LogP) is -1.61. The van der Waals surface area contributed by atoms with Crippen LogP contribution in [0.25, 0.3) is 0 Å². The van der Waals surface area contributed by atoms with Gasteiger partial charge in [0.05, 0.1) is 19.7 Å².